The first kappa shape index (κ1) is 12.0. The lowest BCUT2D eigenvalue weighted by Gasteiger charge is -1.94. The van der Waals surface area contributed by atoms with Crippen molar-refractivity contribution in [3.8, 4) is 11.5 Å². The van der Waals surface area contributed by atoms with E-state index in [4.69, 9.17) is 10.3 Å². The van der Waals surface area contributed by atoms with Crippen LogP contribution in [0.2, 0.25) is 0 Å². The number of anilines is 1. The highest BCUT2D eigenvalue weighted by Gasteiger charge is 2.14. The second-order valence-corrected chi connectivity index (χ2v) is 4.74. The first-order valence-corrected chi connectivity index (χ1v) is 6.56. The molecule has 7 heteroatoms. The normalized spacial score (nSPS) is 10.9. The number of nitrogens with zero attached hydrogens (tertiary/aromatic N) is 4. The molecule has 17 heavy (non-hydrogen) atoms. The third-order valence-electron chi connectivity index (χ3n) is 2.26. The zero-order chi connectivity index (χ0) is 12.3. The van der Waals surface area contributed by atoms with Crippen LogP contribution in [-0.2, 0) is 12.8 Å². The quantitative estimate of drug-likeness (QED) is 0.816. The van der Waals surface area contributed by atoms with Crippen molar-refractivity contribution in [3.05, 3.63) is 12.0 Å². The van der Waals surface area contributed by atoms with Gasteiger partial charge >= 0.3 is 0 Å². The molecule has 2 rings (SSSR count). The molecular weight excluding hydrogens is 238 g/mol. The molecule has 0 fully saturated rings. The Morgan fingerprint density at radius 2 is 2.35 bits per heavy atom. The lowest BCUT2D eigenvalue weighted by molar-refractivity contribution is 0.425. The number of thioether (sulfide) groups is 1. The molecule has 92 valence electrons. The van der Waals surface area contributed by atoms with Crippen LogP contribution < -0.4 is 5.73 Å². The first-order valence-electron chi connectivity index (χ1n) is 5.40. The maximum Gasteiger partial charge on any atom is 0.263 e. The zero-order valence-electron chi connectivity index (χ0n) is 9.88. The van der Waals surface area contributed by atoms with Crippen molar-refractivity contribution in [2.45, 2.75) is 19.1 Å². The maximum absolute atomic E-state index is 5.83. The summed E-state index contributed by atoms with van der Waals surface area (Å²) in [6.45, 7) is 2.14. The van der Waals surface area contributed by atoms with Gasteiger partial charge in [-0.2, -0.15) is 21.8 Å². The molecule has 0 amide bonds. The SMILES string of the molecule is CCCSCc1noc(-c2cnn(C)c2N)n1. The van der Waals surface area contributed by atoms with Crippen LogP contribution in [0.1, 0.15) is 19.2 Å². The number of aryl methyl sites for hydroxylation is 1. The molecule has 0 bridgehead atoms. The van der Waals surface area contributed by atoms with Gasteiger partial charge in [0.1, 0.15) is 11.4 Å². The molecule has 0 aromatic carbocycles. The van der Waals surface area contributed by atoms with Crippen molar-refractivity contribution >= 4 is 17.6 Å². The molecule has 6 nitrogen and oxygen atoms in total. The number of hydrogen-bond donors (Lipinski definition) is 1. The average Bonchev–Trinajstić information content (AvgIpc) is 2.89. The molecule has 2 N–H and O–H groups in total. The maximum atomic E-state index is 5.83. The fourth-order valence-electron chi connectivity index (χ4n) is 1.34. The number of aromatic nitrogens is 4. The van der Waals surface area contributed by atoms with E-state index in [2.05, 4.69) is 22.2 Å². The van der Waals surface area contributed by atoms with E-state index in [0.717, 1.165) is 17.9 Å². The summed E-state index contributed by atoms with van der Waals surface area (Å²) in [5, 5.41) is 7.95. The van der Waals surface area contributed by atoms with Gasteiger partial charge in [-0.1, -0.05) is 12.1 Å². The van der Waals surface area contributed by atoms with Crippen LogP contribution in [-0.4, -0.2) is 25.7 Å². The Morgan fingerprint density at radius 3 is 3.00 bits per heavy atom. The van der Waals surface area contributed by atoms with Crippen molar-refractivity contribution in [3.63, 3.8) is 0 Å². The molecule has 2 aromatic heterocycles. The lowest BCUT2D eigenvalue weighted by atomic mass is 10.3. The molecule has 0 spiro atoms. The first-order chi connectivity index (χ1) is 8.22. The summed E-state index contributed by atoms with van der Waals surface area (Å²) in [5.41, 5.74) is 6.52. The predicted molar refractivity (Wildman–Crippen MR) is 67.4 cm³/mol. The molecule has 0 aliphatic rings. The fourth-order valence-corrected chi connectivity index (χ4v) is 2.07. The third kappa shape index (κ3) is 2.60. The van der Waals surface area contributed by atoms with E-state index in [1.807, 2.05) is 0 Å². The summed E-state index contributed by atoms with van der Waals surface area (Å²) in [6, 6.07) is 0. The van der Waals surface area contributed by atoms with Crippen LogP contribution in [0.25, 0.3) is 11.5 Å². The lowest BCUT2D eigenvalue weighted by Crippen LogP contribution is -1.98. The van der Waals surface area contributed by atoms with Gasteiger partial charge in [-0.15, -0.1) is 0 Å². The van der Waals surface area contributed by atoms with E-state index in [-0.39, 0.29) is 0 Å². The number of rotatable bonds is 5. The van der Waals surface area contributed by atoms with E-state index >= 15 is 0 Å². The van der Waals surface area contributed by atoms with Gasteiger partial charge in [0, 0.05) is 7.05 Å². The molecule has 0 unspecified atom stereocenters. The van der Waals surface area contributed by atoms with E-state index in [1.54, 1.807) is 29.7 Å². The van der Waals surface area contributed by atoms with Gasteiger partial charge in [-0.05, 0) is 12.2 Å². The summed E-state index contributed by atoms with van der Waals surface area (Å²) in [7, 11) is 1.77. The minimum atomic E-state index is 0.433. The van der Waals surface area contributed by atoms with Gasteiger partial charge in [-0.25, -0.2) is 0 Å². The van der Waals surface area contributed by atoms with E-state index in [0.29, 0.717) is 23.1 Å². The van der Waals surface area contributed by atoms with Crippen molar-refractivity contribution in [1.29, 1.82) is 0 Å². The van der Waals surface area contributed by atoms with Gasteiger partial charge in [0.25, 0.3) is 5.89 Å². The molecular formula is C10H15N5OS. The van der Waals surface area contributed by atoms with E-state index < -0.39 is 0 Å². The summed E-state index contributed by atoms with van der Waals surface area (Å²) in [4.78, 5) is 4.29. The minimum Gasteiger partial charge on any atom is -0.383 e. The number of hydrogen-bond acceptors (Lipinski definition) is 6. The summed E-state index contributed by atoms with van der Waals surface area (Å²) in [6.07, 6.45) is 2.77. The Hall–Kier alpha value is -1.50. The van der Waals surface area contributed by atoms with Crippen molar-refractivity contribution < 1.29 is 4.52 Å². The number of nitrogen functional groups attached to an aromatic ring is 1. The molecule has 2 aromatic rings. The van der Waals surface area contributed by atoms with Crippen LogP contribution in [0.4, 0.5) is 5.82 Å². The fraction of sp³-hybridized carbons (Fsp3) is 0.500. The Morgan fingerprint density at radius 1 is 1.53 bits per heavy atom. The van der Waals surface area contributed by atoms with Crippen molar-refractivity contribution in [2.24, 2.45) is 7.05 Å². The predicted octanol–water partition coefficient (Wildman–Crippen LogP) is 1.70. The van der Waals surface area contributed by atoms with Gasteiger partial charge in [0.15, 0.2) is 5.82 Å². The van der Waals surface area contributed by atoms with Crippen LogP contribution in [0.3, 0.4) is 0 Å². The summed E-state index contributed by atoms with van der Waals surface area (Å²) >= 11 is 1.79. The molecule has 2 heterocycles. The van der Waals surface area contributed by atoms with E-state index in [1.165, 1.54) is 0 Å². The van der Waals surface area contributed by atoms with Crippen molar-refractivity contribution in [2.75, 3.05) is 11.5 Å². The zero-order valence-corrected chi connectivity index (χ0v) is 10.7. The molecule has 0 aliphatic heterocycles. The smallest absolute Gasteiger partial charge is 0.263 e. The Labute approximate surface area is 104 Å². The molecule has 0 saturated carbocycles. The second-order valence-electron chi connectivity index (χ2n) is 3.64. The van der Waals surface area contributed by atoms with Gasteiger partial charge < -0.3 is 10.3 Å². The largest absolute Gasteiger partial charge is 0.383 e. The van der Waals surface area contributed by atoms with Crippen LogP contribution in [0.5, 0.6) is 0 Å². The topological polar surface area (TPSA) is 82.8 Å². The Kier molecular flexibility index (Phi) is 3.68. The minimum absolute atomic E-state index is 0.433. The Balaban J connectivity index is 2.10. The summed E-state index contributed by atoms with van der Waals surface area (Å²) in [5.74, 6) is 3.52. The molecule has 0 atom stereocenters. The highest BCUT2D eigenvalue weighted by atomic mass is 32.2. The van der Waals surface area contributed by atoms with Gasteiger partial charge in [0.2, 0.25) is 0 Å². The standard InChI is InChI=1S/C10H15N5OS/c1-3-4-17-6-8-13-10(16-14-8)7-5-12-15(2)9(7)11/h5H,3-4,6,11H2,1-2H3. The van der Waals surface area contributed by atoms with Gasteiger partial charge in [-0.3, -0.25) is 4.68 Å². The van der Waals surface area contributed by atoms with Crippen LogP contribution in [0, 0.1) is 0 Å². The second kappa shape index (κ2) is 5.22. The van der Waals surface area contributed by atoms with Crippen LogP contribution >= 0.6 is 11.8 Å². The highest BCUT2D eigenvalue weighted by Crippen LogP contribution is 2.23. The molecule has 0 saturated heterocycles. The molecule has 0 aliphatic carbocycles. The van der Waals surface area contributed by atoms with Crippen molar-refractivity contribution in [1.82, 2.24) is 19.9 Å². The van der Waals surface area contributed by atoms with Gasteiger partial charge in [0.05, 0.1) is 11.9 Å². The highest BCUT2D eigenvalue weighted by molar-refractivity contribution is 7.98. The average molecular weight is 253 g/mol. The third-order valence-corrected chi connectivity index (χ3v) is 3.42. The molecule has 0 radical (unpaired) electrons. The Bertz CT molecular complexity index is 493. The summed E-state index contributed by atoms with van der Waals surface area (Å²) < 4.78 is 6.74. The van der Waals surface area contributed by atoms with Crippen LogP contribution in [0.15, 0.2) is 10.7 Å². The van der Waals surface area contributed by atoms with E-state index in [9.17, 15) is 0 Å². The monoisotopic (exact) mass is 253 g/mol. The number of nitrogens with two attached hydrogens (primary N) is 1.